The molecule has 1 heterocycles. The van der Waals surface area contributed by atoms with Crippen molar-refractivity contribution in [1.82, 2.24) is 0 Å². The molecular formula is C18H24N2O5. The van der Waals surface area contributed by atoms with E-state index in [0.29, 0.717) is 17.5 Å². The maximum absolute atomic E-state index is 12.1. The van der Waals surface area contributed by atoms with Crippen molar-refractivity contribution in [3.05, 3.63) is 33.9 Å². The van der Waals surface area contributed by atoms with E-state index in [2.05, 4.69) is 13.8 Å². The molecule has 3 atom stereocenters. The van der Waals surface area contributed by atoms with Crippen LogP contribution in [0.2, 0.25) is 0 Å². The second-order valence-electron chi connectivity index (χ2n) is 6.97. The van der Waals surface area contributed by atoms with Gasteiger partial charge >= 0.3 is 5.97 Å². The van der Waals surface area contributed by atoms with Gasteiger partial charge in [-0.05, 0) is 44.2 Å². The van der Waals surface area contributed by atoms with Crippen LogP contribution in [0.4, 0.5) is 11.4 Å². The summed E-state index contributed by atoms with van der Waals surface area (Å²) in [4.78, 5) is 36.4. The fourth-order valence-electron chi connectivity index (χ4n) is 3.24. The minimum absolute atomic E-state index is 0.0710. The highest BCUT2D eigenvalue weighted by Crippen LogP contribution is 2.34. The number of benzene rings is 1. The summed E-state index contributed by atoms with van der Waals surface area (Å²) < 4.78 is 5.03. The Bertz CT molecular complexity index is 678. The number of esters is 1. The van der Waals surface area contributed by atoms with Crippen LogP contribution in [0.1, 0.15) is 44.5 Å². The van der Waals surface area contributed by atoms with Gasteiger partial charge in [-0.2, -0.15) is 0 Å². The molecule has 0 unspecified atom stereocenters. The standard InChI is InChI=1S/C18H24N2O5/c1-11-7-12(2)10-19(9-11)16-6-5-15(8-17(16)20(23)24)18(22)25-14(4)13(3)21/h5-6,8,11-12,14H,7,9-10H2,1-4H3/t11-,12-,14+/m1/s1. The van der Waals surface area contributed by atoms with Crippen LogP contribution in [0.25, 0.3) is 0 Å². The fourth-order valence-corrected chi connectivity index (χ4v) is 3.24. The number of hydrogen-bond acceptors (Lipinski definition) is 6. The number of hydrogen-bond donors (Lipinski definition) is 0. The normalized spacial score (nSPS) is 21.5. The Hall–Kier alpha value is -2.44. The maximum Gasteiger partial charge on any atom is 0.339 e. The Labute approximate surface area is 147 Å². The first kappa shape index (κ1) is 18.9. The highest BCUT2D eigenvalue weighted by Gasteiger charge is 2.28. The average molecular weight is 348 g/mol. The minimum atomic E-state index is -0.880. The molecule has 0 aromatic heterocycles. The Morgan fingerprint density at radius 2 is 1.88 bits per heavy atom. The number of rotatable bonds is 5. The molecule has 2 rings (SSSR count). The van der Waals surface area contributed by atoms with Crippen LogP contribution >= 0.6 is 0 Å². The van der Waals surface area contributed by atoms with Crippen LogP contribution in [-0.2, 0) is 9.53 Å². The lowest BCUT2D eigenvalue weighted by molar-refractivity contribution is -0.384. The average Bonchev–Trinajstić information content (AvgIpc) is 2.53. The monoisotopic (exact) mass is 348 g/mol. The van der Waals surface area contributed by atoms with Gasteiger partial charge in [0.2, 0.25) is 0 Å². The van der Waals surface area contributed by atoms with Crippen LogP contribution in [0.5, 0.6) is 0 Å². The van der Waals surface area contributed by atoms with Gasteiger partial charge in [-0.25, -0.2) is 4.79 Å². The van der Waals surface area contributed by atoms with Gasteiger partial charge in [0.1, 0.15) is 5.69 Å². The number of nitro benzene ring substituents is 1. The van der Waals surface area contributed by atoms with Crippen molar-refractivity contribution in [3.63, 3.8) is 0 Å². The lowest BCUT2D eigenvalue weighted by atomic mass is 9.91. The highest BCUT2D eigenvalue weighted by molar-refractivity contribution is 5.93. The number of anilines is 1. The number of ketones is 1. The zero-order chi connectivity index (χ0) is 18.7. The third-order valence-electron chi connectivity index (χ3n) is 4.47. The number of nitro groups is 1. The first-order valence-corrected chi connectivity index (χ1v) is 8.43. The van der Waals surface area contributed by atoms with Crippen LogP contribution in [0.3, 0.4) is 0 Å². The zero-order valence-corrected chi connectivity index (χ0v) is 15.0. The van der Waals surface area contributed by atoms with Gasteiger partial charge in [-0.3, -0.25) is 14.9 Å². The summed E-state index contributed by atoms with van der Waals surface area (Å²) in [5.41, 5.74) is 0.465. The molecular weight excluding hydrogens is 324 g/mol. The molecule has 25 heavy (non-hydrogen) atoms. The topological polar surface area (TPSA) is 89.8 Å². The predicted molar refractivity (Wildman–Crippen MR) is 93.8 cm³/mol. The number of Topliss-reactive ketones (excluding diaryl/α,β-unsaturated/α-hetero) is 1. The van der Waals surface area contributed by atoms with E-state index in [4.69, 9.17) is 4.74 Å². The Kier molecular flexibility index (Phi) is 5.77. The lowest BCUT2D eigenvalue weighted by Gasteiger charge is -2.36. The smallest absolute Gasteiger partial charge is 0.339 e. The number of carbonyl (C=O) groups is 2. The summed E-state index contributed by atoms with van der Waals surface area (Å²) in [7, 11) is 0. The van der Waals surface area contributed by atoms with Crippen molar-refractivity contribution in [2.24, 2.45) is 11.8 Å². The summed E-state index contributed by atoms with van der Waals surface area (Å²) in [5.74, 6) is -0.123. The van der Waals surface area contributed by atoms with Crippen molar-refractivity contribution < 1.29 is 19.2 Å². The van der Waals surface area contributed by atoms with Gasteiger partial charge in [0.05, 0.1) is 10.5 Å². The molecule has 1 fully saturated rings. The summed E-state index contributed by atoms with van der Waals surface area (Å²) in [6.07, 6.45) is 0.215. The Morgan fingerprint density at radius 1 is 1.28 bits per heavy atom. The van der Waals surface area contributed by atoms with E-state index < -0.39 is 17.0 Å². The molecule has 136 valence electrons. The Morgan fingerprint density at radius 3 is 2.40 bits per heavy atom. The van der Waals surface area contributed by atoms with Crippen LogP contribution in [0, 0.1) is 22.0 Å². The van der Waals surface area contributed by atoms with Gasteiger partial charge in [0, 0.05) is 19.2 Å². The summed E-state index contributed by atoms with van der Waals surface area (Å²) >= 11 is 0. The van der Waals surface area contributed by atoms with Gasteiger partial charge in [-0.15, -0.1) is 0 Å². The predicted octanol–water partition coefficient (Wildman–Crippen LogP) is 3.21. The summed E-state index contributed by atoms with van der Waals surface area (Å²) in [6.45, 7) is 8.54. The largest absolute Gasteiger partial charge is 0.451 e. The van der Waals surface area contributed by atoms with Gasteiger partial charge in [-0.1, -0.05) is 13.8 Å². The number of ether oxygens (including phenoxy) is 1. The minimum Gasteiger partial charge on any atom is -0.451 e. The molecule has 0 radical (unpaired) electrons. The fraction of sp³-hybridized carbons (Fsp3) is 0.556. The molecule has 0 N–H and O–H groups in total. The second kappa shape index (κ2) is 7.63. The van der Waals surface area contributed by atoms with E-state index in [1.165, 1.54) is 26.0 Å². The van der Waals surface area contributed by atoms with Crippen molar-refractivity contribution in [2.45, 2.75) is 40.2 Å². The van der Waals surface area contributed by atoms with E-state index in [1.54, 1.807) is 6.07 Å². The lowest BCUT2D eigenvalue weighted by Crippen LogP contribution is -2.39. The van der Waals surface area contributed by atoms with E-state index in [1.807, 2.05) is 4.90 Å². The first-order valence-electron chi connectivity index (χ1n) is 8.43. The Balaban J connectivity index is 2.30. The molecule has 0 aliphatic carbocycles. The molecule has 1 aliphatic rings. The third-order valence-corrected chi connectivity index (χ3v) is 4.47. The quantitative estimate of drug-likeness (QED) is 0.461. The van der Waals surface area contributed by atoms with Gasteiger partial charge in [0.15, 0.2) is 11.9 Å². The molecule has 1 aromatic rings. The molecule has 0 amide bonds. The van der Waals surface area contributed by atoms with Crippen LogP contribution in [0.15, 0.2) is 18.2 Å². The van der Waals surface area contributed by atoms with Gasteiger partial charge < -0.3 is 9.64 Å². The first-order chi connectivity index (χ1) is 11.7. The second-order valence-corrected chi connectivity index (χ2v) is 6.97. The van der Waals surface area contributed by atoms with Crippen LogP contribution < -0.4 is 4.90 Å². The third kappa shape index (κ3) is 4.55. The highest BCUT2D eigenvalue weighted by atomic mass is 16.6. The molecule has 1 aromatic carbocycles. The molecule has 1 saturated heterocycles. The van der Waals surface area contributed by atoms with E-state index in [-0.39, 0.29) is 17.0 Å². The SMILES string of the molecule is CC(=O)[C@H](C)OC(=O)c1ccc(N2C[C@H](C)C[C@@H](C)C2)c([N+](=O)[O-])c1. The van der Waals surface area contributed by atoms with Crippen molar-refractivity contribution in [2.75, 3.05) is 18.0 Å². The van der Waals surface area contributed by atoms with Crippen molar-refractivity contribution >= 4 is 23.1 Å². The van der Waals surface area contributed by atoms with E-state index >= 15 is 0 Å². The van der Waals surface area contributed by atoms with E-state index in [0.717, 1.165) is 19.5 Å². The van der Waals surface area contributed by atoms with E-state index in [9.17, 15) is 19.7 Å². The summed E-state index contributed by atoms with van der Waals surface area (Å²) in [6, 6.07) is 4.34. The number of carbonyl (C=O) groups excluding carboxylic acids is 2. The van der Waals surface area contributed by atoms with Crippen LogP contribution in [-0.4, -0.2) is 35.9 Å². The van der Waals surface area contributed by atoms with Crippen molar-refractivity contribution in [1.29, 1.82) is 0 Å². The van der Waals surface area contributed by atoms with Crippen molar-refractivity contribution in [3.8, 4) is 0 Å². The molecule has 7 nitrogen and oxygen atoms in total. The number of piperidine rings is 1. The molecule has 0 bridgehead atoms. The molecule has 0 spiro atoms. The van der Waals surface area contributed by atoms with Gasteiger partial charge in [0.25, 0.3) is 5.69 Å². The molecule has 1 aliphatic heterocycles. The zero-order valence-electron chi connectivity index (χ0n) is 15.0. The summed E-state index contributed by atoms with van der Waals surface area (Å²) in [5, 5.41) is 11.5. The molecule has 0 saturated carbocycles. The maximum atomic E-state index is 12.1. The molecule has 7 heteroatoms. The number of nitrogens with zero attached hydrogens (tertiary/aromatic N) is 2.